The van der Waals surface area contributed by atoms with Crippen LogP contribution in [-0.2, 0) is 6.54 Å². The lowest BCUT2D eigenvalue weighted by Gasteiger charge is -2.16. The summed E-state index contributed by atoms with van der Waals surface area (Å²) in [7, 11) is 1.54. The number of aromatic nitrogens is 6. The van der Waals surface area contributed by atoms with Gasteiger partial charge < -0.3 is 20.1 Å². The smallest absolute Gasteiger partial charge is 0.404 e. The molecule has 2 amide bonds. The number of nitrogens with one attached hydrogen (secondary N) is 1. The number of carbonyl (C=O) groups is 2. The van der Waals surface area contributed by atoms with E-state index < -0.39 is 12.1 Å². The number of nitrogens with zero attached hydrogens (tertiary/aromatic N) is 8. The van der Waals surface area contributed by atoms with Crippen LogP contribution < -0.4 is 10.1 Å². The molecule has 0 saturated heterocycles. The number of hydrogen-bond donors (Lipinski definition) is 2. The Hall–Kier alpha value is -4.93. The van der Waals surface area contributed by atoms with Crippen LogP contribution in [0.25, 0.3) is 22.1 Å². The van der Waals surface area contributed by atoms with Crippen molar-refractivity contribution in [3.8, 4) is 17.6 Å². The highest BCUT2D eigenvalue weighted by Gasteiger charge is 2.22. The van der Waals surface area contributed by atoms with Crippen molar-refractivity contribution in [1.82, 2.24) is 40.0 Å². The molecule has 0 aliphatic heterocycles. The molecule has 3 aromatic heterocycles. The van der Waals surface area contributed by atoms with Gasteiger partial charge in [-0.2, -0.15) is 15.0 Å². The van der Waals surface area contributed by atoms with Gasteiger partial charge in [0.1, 0.15) is 5.75 Å². The van der Waals surface area contributed by atoms with Crippen molar-refractivity contribution < 1.29 is 19.4 Å². The third-order valence-corrected chi connectivity index (χ3v) is 6.38. The van der Waals surface area contributed by atoms with Crippen LogP contribution in [0.5, 0.6) is 11.5 Å². The Morgan fingerprint density at radius 2 is 2.05 bits per heavy atom. The summed E-state index contributed by atoms with van der Waals surface area (Å²) in [5.41, 5.74) is 2.12. The molecule has 0 unspecified atom stereocenters. The van der Waals surface area contributed by atoms with Crippen molar-refractivity contribution >= 4 is 57.4 Å². The van der Waals surface area contributed by atoms with Gasteiger partial charge in [0.25, 0.3) is 0 Å². The number of carboxylic acid groups (broad SMARTS) is 1. The molecule has 5 aromatic rings. The van der Waals surface area contributed by atoms with E-state index >= 15 is 0 Å². The number of pyridine rings is 1. The van der Waals surface area contributed by atoms with E-state index in [-0.39, 0.29) is 30.4 Å². The molecule has 0 saturated carbocycles. The van der Waals surface area contributed by atoms with Crippen molar-refractivity contribution in [2.45, 2.75) is 6.54 Å². The Morgan fingerprint density at radius 1 is 1.23 bits per heavy atom. The van der Waals surface area contributed by atoms with Crippen LogP contribution in [0.4, 0.5) is 9.59 Å². The zero-order valence-electron chi connectivity index (χ0n) is 20.7. The van der Waals surface area contributed by atoms with Crippen molar-refractivity contribution in [3.05, 3.63) is 70.0 Å². The molecule has 2 aromatic carbocycles. The molecule has 0 fully saturated rings. The normalized spacial score (nSPS) is 10.9. The predicted octanol–water partition coefficient (Wildman–Crippen LogP) is 4.36. The number of carbonyl (C=O) groups excluding carboxylic acids is 1. The minimum Gasteiger partial charge on any atom is -0.465 e. The highest BCUT2D eigenvalue weighted by Crippen LogP contribution is 2.37. The van der Waals surface area contributed by atoms with E-state index in [4.69, 9.17) is 33.0 Å². The first kappa shape index (κ1) is 26.7. The topological polar surface area (TPSA) is 164 Å². The van der Waals surface area contributed by atoms with E-state index in [0.29, 0.717) is 44.1 Å². The first-order chi connectivity index (χ1) is 19.2. The molecule has 0 radical (unpaired) electrons. The van der Waals surface area contributed by atoms with E-state index in [1.165, 1.54) is 28.8 Å². The van der Waals surface area contributed by atoms with E-state index in [1.807, 2.05) is 6.07 Å². The lowest BCUT2D eigenvalue weighted by molar-refractivity contribution is 0.189. The SMILES string of the molecule is CN(CCNC(=O)O)C(=O)n1nc(Cn2nnc3c(Oc4cc(Cl)cc(C#N)c4)c(Cl)ccc32)c2cccnc21. The molecular weight excluding hydrogens is 561 g/mol. The molecule has 0 bridgehead atoms. The van der Waals surface area contributed by atoms with Gasteiger partial charge in [-0.25, -0.2) is 19.3 Å². The summed E-state index contributed by atoms with van der Waals surface area (Å²) in [4.78, 5) is 29.5. The molecule has 40 heavy (non-hydrogen) atoms. The molecule has 13 nitrogen and oxygen atoms in total. The van der Waals surface area contributed by atoms with Crippen molar-refractivity contribution in [2.75, 3.05) is 20.1 Å². The van der Waals surface area contributed by atoms with Gasteiger partial charge in [0.05, 0.1) is 34.4 Å². The number of nitriles is 1. The first-order valence-electron chi connectivity index (χ1n) is 11.7. The van der Waals surface area contributed by atoms with Crippen molar-refractivity contribution in [3.63, 3.8) is 0 Å². The standard InChI is InChI=1S/C25H19Cl2N9O4/c1-34(8-7-30-24(37)38)25(39)36-23-17(3-2-6-29-23)19(32-36)13-35-20-5-4-18(27)22(21(20)31-33-35)40-16-10-14(12-28)9-15(26)11-16/h2-6,9-11,30H,7-8,13H2,1H3,(H,37,38). The molecule has 2 N–H and O–H groups in total. The average Bonchev–Trinajstić information content (AvgIpc) is 3.51. The number of ether oxygens (including phenoxy) is 1. The van der Waals surface area contributed by atoms with Gasteiger partial charge in [-0.05, 0) is 42.5 Å². The summed E-state index contributed by atoms with van der Waals surface area (Å²) >= 11 is 12.5. The monoisotopic (exact) mass is 579 g/mol. The van der Waals surface area contributed by atoms with Gasteiger partial charge in [0.15, 0.2) is 16.9 Å². The van der Waals surface area contributed by atoms with Gasteiger partial charge in [-0.1, -0.05) is 28.4 Å². The fraction of sp³-hybridized carbons (Fsp3) is 0.160. The number of fused-ring (bicyclic) bond motifs is 2. The summed E-state index contributed by atoms with van der Waals surface area (Å²) < 4.78 is 8.74. The van der Waals surface area contributed by atoms with Crippen LogP contribution >= 0.6 is 23.2 Å². The highest BCUT2D eigenvalue weighted by molar-refractivity contribution is 6.33. The Morgan fingerprint density at radius 3 is 2.83 bits per heavy atom. The van der Waals surface area contributed by atoms with Crippen LogP contribution in [0.2, 0.25) is 10.0 Å². The van der Waals surface area contributed by atoms with Crippen molar-refractivity contribution in [2.24, 2.45) is 0 Å². The molecular formula is C25H19Cl2N9O4. The van der Waals surface area contributed by atoms with Crippen LogP contribution in [0, 0.1) is 11.3 Å². The van der Waals surface area contributed by atoms with Crippen molar-refractivity contribution in [1.29, 1.82) is 5.26 Å². The summed E-state index contributed by atoms with van der Waals surface area (Å²) in [5, 5.41) is 34.5. The fourth-order valence-corrected chi connectivity index (χ4v) is 4.41. The number of rotatable bonds is 7. The van der Waals surface area contributed by atoms with Gasteiger partial charge in [-0.15, -0.1) is 5.10 Å². The number of benzene rings is 2. The van der Waals surface area contributed by atoms with Gasteiger partial charge in [-0.3, -0.25) is 0 Å². The number of likely N-dealkylation sites (N-methyl/N-ethyl adjacent to an activating group) is 1. The van der Waals surface area contributed by atoms with Gasteiger partial charge in [0, 0.05) is 36.7 Å². The maximum atomic E-state index is 13.1. The first-order valence-corrected chi connectivity index (χ1v) is 12.5. The second-order valence-corrected chi connectivity index (χ2v) is 9.39. The lowest BCUT2D eigenvalue weighted by Crippen LogP contribution is -2.38. The molecule has 0 aliphatic rings. The van der Waals surface area contributed by atoms with Gasteiger partial charge in [0.2, 0.25) is 0 Å². The Labute approximate surface area is 236 Å². The molecule has 0 atom stereocenters. The lowest BCUT2D eigenvalue weighted by atomic mass is 10.2. The zero-order valence-corrected chi connectivity index (χ0v) is 22.3. The summed E-state index contributed by atoms with van der Waals surface area (Å²) in [6.45, 7) is 0.330. The minimum atomic E-state index is -1.18. The second-order valence-electron chi connectivity index (χ2n) is 8.55. The molecule has 15 heteroatoms. The Balaban J connectivity index is 1.47. The van der Waals surface area contributed by atoms with E-state index in [1.54, 1.807) is 41.2 Å². The molecule has 0 spiro atoms. The Kier molecular flexibility index (Phi) is 7.37. The molecule has 202 valence electrons. The quantitative estimate of drug-likeness (QED) is 0.285. The number of amides is 2. The minimum absolute atomic E-state index is 0.0575. The van der Waals surface area contributed by atoms with Crippen LogP contribution in [0.15, 0.2) is 48.7 Å². The van der Waals surface area contributed by atoms with E-state index in [9.17, 15) is 14.9 Å². The number of halogens is 2. The maximum absolute atomic E-state index is 13.1. The Bertz CT molecular complexity index is 1810. The van der Waals surface area contributed by atoms with Crippen LogP contribution in [0.3, 0.4) is 0 Å². The molecule has 0 aliphatic carbocycles. The highest BCUT2D eigenvalue weighted by atomic mass is 35.5. The largest absolute Gasteiger partial charge is 0.465 e. The summed E-state index contributed by atoms with van der Waals surface area (Å²) in [5.74, 6) is 0.547. The summed E-state index contributed by atoms with van der Waals surface area (Å²) in [6, 6.07) is 13.0. The third-order valence-electron chi connectivity index (χ3n) is 5.86. The predicted molar refractivity (Wildman–Crippen MR) is 145 cm³/mol. The molecule has 5 rings (SSSR count). The molecule has 3 heterocycles. The van der Waals surface area contributed by atoms with Crippen LogP contribution in [-0.4, -0.2) is 72.0 Å². The van der Waals surface area contributed by atoms with E-state index in [0.717, 1.165) is 0 Å². The average molecular weight is 580 g/mol. The van der Waals surface area contributed by atoms with E-state index in [2.05, 4.69) is 25.7 Å². The zero-order chi connectivity index (χ0) is 28.4. The second kappa shape index (κ2) is 11.0. The third kappa shape index (κ3) is 5.31. The number of hydrogen-bond acceptors (Lipinski definition) is 8. The fourth-order valence-electron chi connectivity index (χ4n) is 4.00. The van der Waals surface area contributed by atoms with Crippen LogP contribution in [0.1, 0.15) is 11.3 Å². The van der Waals surface area contributed by atoms with Gasteiger partial charge >= 0.3 is 12.1 Å². The summed E-state index contributed by atoms with van der Waals surface area (Å²) in [6.07, 6.45) is 0.372. The maximum Gasteiger partial charge on any atom is 0.404 e.